The van der Waals surface area contributed by atoms with Crippen LogP contribution >= 0.6 is 0 Å². The van der Waals surface area contributed by atoms with Gasteiger partial charge in [-0.05, 0) is 31.2 Å². The smallest absolute Gasteiger partial charge is 0.281 e. The van der Waals surface area contributed by atoms with Crippen LogP contribution in [0.4, 0.5) is 11.4 Å². The van der Waals surface area contributed by atoms with Gasteiger partial charge in [-0.15, -0.1) is 5.11 Å². The molecule has 0 amide bonds. The molecule has 0 aliphatic heterocycles. The monoisotopic (exact) mass is 347 g/mol. The number of aromatic nitrogens is 1. The zero-order valence-corrected chi connectivity index (χ0v) is 13.4. The molecule has 0 radical (unpaired) electrons. The van der Waals surface area contributed by atoms with Gasteiger partial charge in [0.05, 0.1) is 10.6 Å². The zero-order chi connectivity index (χ0) is 18.1. The van der Waals surface area contributed by atoms with Crippen LogP contribution in [0.3, 0.4) is 0 Å². The third kappa shape index (κ3) is 3.17. The lowest BCUT2D eigenvalue weighted by Crippen LogP contribution is -2.18. The molecule has 1 aromatic heterocycles. The maximum absolute atomic E-state index is 12.1. The Kier molecular flexibility index (Phi) is 4.50. The van der Waals surface area contributed by atoms with Crippen molar-refractivity contribution in [1.82, 2.24) is 4.57 Å². The van der Waals surface area contributed by atoms with E-state index < -0.39 is 26.5 Å². The first-order valence-corrected chi connectivity index (χ1v) is 7.88. The molecule has 1 heterocycles. The van der Waals surface area contributed by atoms with E-state index in [-0.39, 0.29) is 22.5 Å². The van der Waals surface area contributed by atoms with Gasteiger partial charge in [-0.3, -0.25) is 9.36 Å². The Hall–Kier alpha value is -3.03. The maximum Gasteiger partial charge on any atom is 0.281 e. The number of nitriles is 1. The number of hydrogen-bond acceptors (Lipinski definition) is 8. The highest BCUT2D eigenvalue weighted by Gasteiger charge is 2.16. The fourth-order valence-corrected chi connectivity index (χ4v) is 2.38. The van der Waals surface area contributed by atoms with Crippen molar-refractivity contribution in [3.8, 4) is 11.9 Å². The van der Waals surface area contributed by atoms with Gasteiger partial charge in [-0.25, -0.2) is 8.42 Å². The normalized spacial score (nSPS) is 11.6. The number of azo groups is 1. The van der Waals surface area contributed by atoms with Crippen LogP contribution in [0.5, 0.6) is 5.88 Å². The van der Waals surface area contributed by atoms with Crippen LogP contribution in [0.15, 0.2) is 44.2 Å². The SMILES string of the molecule is Cc1c(C#N)c(O)n(C)c(=O)c1N=Nc1ccc(S(=O)(=O)[O-])cc1. The summed E-state index contributed by atoms with van der Waals surface area (Å²) in [4.78, 5) is 11.7. The van der Waals surface area contributed by atoms with Crippen LogP contribution in [0, 0.1) is 18.3 Å². The van der Waals surface area contributed by atoms with Crippen LogP contribution in [0.2, 0.25) is 0 Å². The highest BCUT2D eigenvalue weighted by Crippen LogP contribution is 2.26. The second-order valence-electron chi connectivity index (χ2n) is 4.80. The molecule has 2 aromatic rings. The molecule has 124 valence electrons. The van der Waals surface area contributed by atoms with Crippen molar-refractivity contribution in [2.75, 3.05) is 0 Å². The molecule has 9 nitrogen and oxygen atoms in total. The fraction of sp³-hybridized carbons (Fsp3) is 0.143. The highest BCUT2D eigenvalue weighted by atomic mass is 32.2. The second-order valence-corrected chi connectivity index (χ2v) is 6.18. The lowest BCUT2D eigenvalue weighted by atomic mass is 10.1. The summed E-state index contributed by atoms with van der Waals surface area (Å²) in [6.45, 7) is 1.45. The molecule has 0 spiro atoms. The molecule has 10 heteroatoms. The van der Waals surface area contributed by atoms with Gasteiger partial charge in [0, 0.05) is 12.6 Å². The summed E-state index contributed by atoms with van der Waals surface area (Å²) < 4.78 is 33.4. The Morgan fingerprint density at radius 1 is 1.25 bits per heavy atom. The van der Waals surface area contributed by atoms with Crippen molar-refractivity contribution in [2.24, 2.45) is 17.3 Å². The third-order valence-electron chi connectivity index (χ3n) is 3.28. The van der Waals surface area contributed by atoms with Gasteiger partial charge < -0.3 is 9.66 Å². The first-order chi connectivity index (χ1) is 11.2. The minimum atomic E-state index is -4.56. The van der Waals surface area contributed by atoms with E-state index in [9.17, 15) is 22.9 Å². The average molecular weight is 347 g/mol. The molecule has 0 bridgehead atoms. The fourth-order valence-electron chi connectivity index (χ4n) is 1.91. The first-order valence-electron chi connectivity index (χ1n) is 6.47. The molecule has 0 fully saturated rings. The van der Waals surface area contributed by atoms with E-state index >= 15 is 0 Å². The quantitative estimate of drug-likeness (QED) is 0.658. The minimum Gasteiger partial charge on any atom is -0.744 e. The van der Waals surface area contributed by atoms with E-state index in [1.165, 1.54) is 26.1 Å². The molecule has 0 aliphatic carbocycles. The summed E-state index contributed by atoms with van der Waals surface area (Å²) in [5, 5.41) is 26.4. The van der Waals surface area contributed by atoms with Gasteiger partial charge in [0.15, 0.2) is 5.69 Å². The molecule has 1 N–H and O–H groups in total. The van der Waals surface area contributed by atoms with E-state index in [4.69, 9.17) is 5.26 Å². The largest absolute Gasteiger partial charge is 0.744 e. The third-order valence-corrected chi connectivity index (χ3v) is 4.13. The van der Waals surface area contributed by atoms with Crippen molar-refractivity contribution in [3.05, 3.63) is 45.7 Å². The molecule has 1 aromatic carbocycles. The Bertz CT molecular complexity index is 1030. The van der Waals surface area contributed by atoms with Gasteiger partial charge in [-0.1, -0.05) is 0 Å². The van der Waals surface area contributed by atoms with Crippen molar-refractivity contribution in [2.45, 2.75) is 11.8 Å². The second kappa shape index (κ2) is 6.23. The predicted molar refractivity (Wildman–Crippen MR) is 81.4 cm³/mol. The summed E-state index contributed by atoms with van der Waals surface area (Å²) in [5.74, 6) is -0.469. The van der Waals surface area contributed by atoms with Crippen molar-refractivity contribution >= 4 is 21.5 Å². The maximum atomic E-state index is 12.1. The van der Waals surface area contributed by atoms with Crippen LogP contribution in [0.1, 0.15) is 11.1 Å². The molecule has 0 saturated heterocycles. The molecular weight excluding hydrogens is 336 g/mol. The molecule has 2 rings (SSSR count). The van der Waals surface area contributed by atoms with Crippen LogP contribution in [0.25, 0.3) is 0 Å². The van der Waals surface area contributed by atoms with E-state index in [0.29, 0.717) is 0 Å². The molecular formula is C14H11N4O5S-. The molecule has 24 heavy (non-hydrogen) atoms. The number of hydrogen-bond donors (Lipinski definition) is 1. The Morgan fingerprint density at radius 3 is 2.33 bits per heavy atom. The number of aromatic hydroxyl groups is 1. The summed E-state index contributed by atoms with van der Waals surface area (Å²) >= 11 is 0. The minimum absolute atomic E-state index is 0.0983. The summed E-state index contributed by atoms with van der Waals surface area (Å²) in [6.07, 6.45) is 0. The average Bonchev–Trinajstić information content (AvgIpc) is 2.53. The van der Waals surface area contributed by atoms with Gasteiger partial charge in [-0.2, -0.15) is 10.4 Å². The molecule has 0 atom stereocenters. The zero-order valence-electron chi connectivity index (χ0n) is 12.6. The number of pyridine rings is 1. The number of benzene rings is 1. The van der Waals surface area contributed by atoms with Crippen molar-refractivity contribution < 1.29 is 18.1 Å². The van der Waals surface area contributed by atoms with Crippen molar-refractivity contribution in [1.29, 1.82) is 5.26 Å². The van der Waals surface area contributed by atoms with Crippen LogP contribution in [-0.2, 0) is 17.2 Å². The lowest BCUT2D eigenvalue weighted by molar-refractivity contribution is 0.421. The van der Waals surface area contributed by atoms with E-state index in [1.54, 1.807) is 6.07 Å². The van der Waals surface area contributed by atoms with Gasteiger partial charge in [0.2, 0.25) is 5.88 Å². The number of rotatable bonds is 3. The molecule has 0 aliphatic rings. The van der Waals surface area contributed by atoms with Gasteiger partial charge in [0.1, 0.15) is 21.8 Å². The van der Waals surface area contributed by atoms with Gasteiger partial charge >= 0.3 is 0 Å². The van der Waals surface area contributed by atoms with Crippen LogP contribution in [-0.4, -0.2) is 22.6 Å². The lowest BCUT2D eigenvalue weighted by Gasteiger charge is -2.08. The topological polar surface area (TPSA) is 148 Å². The van der Waals surface area contributed by atoms with E-state index in [0.717, 1.165) is 16.7 Å². The standard InChI is InChI=1S/C14H12N4O5S/c1-8-11(7-15)13(19)18(2)14(20)12(8)17-16-9-3-5-10(6-4-9)24(21,22)23/h3-6,19H,1-2H3,(H,21,22,23)/p-1. The Balaban J connectivity index is 2.49. The summed E-state index contributed by atoms with van der Waals surface area (Å²) in [7, 11) is -3.28. The van der Waals surface area contributed by atoms with Gasteiger partial charge in [0.25, 0.3) is 5.56 Å². The number of nitrogens with zero attached hydrogens (tertiary/aromatic N) is 4. The Morgan fingerprint density at radius 2 is 1.83 bits per heavy atom. The van der Waals surface area contributed by atoms with Crippen LogP contribution < -0.4 is 5.56 Å². The molecule has 0 unspecified atom stereocenters. The first kappa shape index (κ1) is 17.3. The summed E-state index contributed by atoms with van der Waals surface area (Å²) in [6, 6.07) is 6.42. The predicted octanol–water partition coefficient (Wildman–Crippen LogP) is 1.59. The van der Waals surface area contributed by atoms with E-state index in [1.807, 2.05) is 0 Å². The molecule has 0 saturated carbocycles. The van der Waals surface area contributed by atoms with E-state index in [2.05, 4.69) is 10.2 Å². The highest BCUT2D eigenvalue weighted by molar-refractivity contribution is 7.85. The van der Waals surface area contributed by atoms with Crippen molar-refractivity contribution in [3.63, 3.8) is 0 Å². The summed E-state index contributed by atoms with van der Waals surface area (Å²) in [5.41, 5.74) is -0.506. The Labute approximate surface area is 136 Å².